The number of nitrogens with two attached hydrogens (primary N) is 2. The van der Waals surface area contributed by atoms with Gasteiger partial charge in [0.15, 0.2) is 0 Å². The highest BCUT2D eigenvalue weighted by molar-refractivity contribution is 8.02. The van der Waals surface area contributed by atoms with Crippen molar-refractivity contribution < 1.29 is 9.59 Å². The first-order valence-corrected chi connectivity index (χ1v) is 7.16. The number of amides is 2. The molecule has 94 valence electrons. The molecule has 0 bridgehead atoms. The molecule has 0 saturated heterocycles. The Balaban J connectivity index is 3.10. The number of hydrazine groups is 2. The Morgan fingerprint density at radius 2 is 1.19 bits per heavy atom. The van der Waals surface area contributed by atoms with Crippen LogP contribution in [0.2, 0.25) is 0 Å². The molecule has 2 amide bonds. The van der Waals surface area contributed by atoms with E-state index in [4.69, 9.17) is 11.7 Å². The summed E-state index contributed by atoms with van der Waals surface area (Å²) in [5, 5.41) is 0. The summed E-state index contributed by atoms with van der Waals surface area (Å²) in [7, 11) is 0. The Morgan fingerprint density at radius 1 is 0.812 bits per heavy atom. The number of carbonyl (C=O) groups excluding carboxylic acids is 2. The van der Waals surface area contributed by atoms with Gasteiger partial charge in [-0.05, 0) is 0 Å². The number of carbonyl (C=O) groups is 2. The van der Waals surface area contributed by atoms with Crippen molar-refractivity contribution >= 4 is 35.3 Å². The molecular formula is C8H18N4O2S2. The maximum atomic E-state index is 10.7. The van der Waals surface area contributed by atoms with Gasteiger partial charge in [-0.25, -0.2) is 11.7 Å². The first-order chi connectivity index (χ1) is 7.70. The van der Waals surface area contributed by atoms with Gasteiger partial charge in [0, 0.05) is 35.9 Å². The molecule has 0 heterocycles. The summed E-state index contributed by atoms with van der Waals surface area (Å²) in [6.07, 6.45) is 0.892. The quantitative estimate of drug-likeness (QED) is 0.188. The lowest BCUT2D eigenvalue weighted by Crippen LogP contribution is -2.30. The van der Waals surface area contributed by atoms with Crippen molar-refractivity contribution in [2.75, 3.05) is 23.0 Å². The largest absolute Gasteiger partial charge is 0.294 e. The van der Waals surface area contributed by atoms with Crippen LogP contribution in [0.3, 0.4) is 0 Å². The minimum absolute atomic E-state index is 0.139. The molecule has 16 heavy (non-hydrogen) atoms. The van der Waals surface area contributed by atoms with E-state index in [0.717, 1.165) is 23.0 Å². The van der Waals surface area contributed by atoms with Crippen molar-refractivity contribution in [3.8, 4) is 0 Å². The zero-order chi connectivity index (χ0) is 12.2. The number of thioether (sulfide) groups is 2. The van der Waals surface area contributed by atoms with E-state index >= 15 is 0 Å². The maximum absolute atomic E-state index is 10.7. The van der Waals surface area contributed by atoms with Crippen molar-refractivity contribution in [1.82, 2.24) is 10.9 Å². The van der Waals surface area contributed by atoms with Gasteiger partial charge in [-0.1, -0.05) is 0 Å². The standard InChI is InChI=1S/C8H18N4O2S2/c9-11-7(13)1-3-15-5-6-16-4-2-8(14)12-10/h1-6,9-10H2,(H,11,13)(H,12,14). The molecule has 0 aromatic heterocycles. The summed E-state index contributed by atoms with van der Waals surface area (Å²) in [5.41, 5.74) is 4.16. The van der Waals surface area contributed by atoms with Gasteiger partial charge in [-0.3, -0.25) is 20.4 Å². The number of hydrogen-bond donors (Lipinski definition) is 4. The van der Waals surface area contributed by atoms with Crippen LogP contribution in [-0.2, 0) is 9.59 Å². The Kier molecular flexibility index (Phi) is 10.8. The van der Waals surface area contributed by atoms with E-state index < -0.39 is 0 Å². The molecule has 0 aromatic carbocycles. The lowest BCUT2D eigenvalue weighted by molar-refractivity contribution is -0.121. The summed E-state index contributed by atoms with van der Waals surface area (Å²) < 4.78 is 0. The van der Waals surface area contributed by atoms with E-state index in [2.05, 4.69) is 10.9 Å². The second-order valence-corrected chi connectivity index (χ2v) is 5.31. The molecule has 6 nitrogen and oxygen atoms in total. The van der Waals surface area contributed by atoms with Crippen LogP contribution < -0.4 is 22.5 Å². The van der Waals surface area contributed by atoms with Crippen molar-refractivity contribution in [1.29, 1.82) is 0 Å². The summed E-state index contributed by atoms with van der Waals surface area (Å²) in [6.45, 7) is 0. The van der Waals surface area contributed by atoms with Gasteiger partial charge in [0.05, 0.1) is 0 Å². The van der Waals surface area contributed by atoms with Gasteiger partial charge < -0.3 is 0 Å². The van der Waals surface area contributed by atoms with Crippen LogP contribution in [-0.4, -0.2) is 34.8 Å². The molecule has 0 aliphatic carbocycles. The van der Waals surface area contributed by atoms with Gasteiger partial charge in [0.2, 0.25) is 11.8 Å². The molecule has 0 atom stereocenters. The van der Waals surface area contributed by atoms with Crippen molar-refractivity contribution in [2.45, 2.75) is 12.8 Å². The monoisotopic (exact) mass is 266 g/mol. The van der Waals surface area contributed by atoms with Gasteiger partial charge >= 0.3 is 0 Å². The molecule has 0 unspecified atom stereocenters. The van der Waals surface area contributed by atoms with Crippen LogP contribution in [0.1, 0.15) is 12.8 Å². The Labute approximate surface area is 104 Å². The maximum Gasteiger partial charge on any atom is 0.234 e. The number of hydrogen-bond acceptors (Lipinski definition) is 6. The Hall–Kier alpha value is -0.440. The Bertz CT molecular complexity index is 194. The molecule has 8 heteroatoms. The Morgan fingerprint density at radius 3 is 1.50 bits per heavy atom. The zero-order valence-corrected chi connectivity index (χ0v) is 10.7. The van der Waals surface area contributed by atoms with Gasteiger partial charge in [0.1, 0.15) is 0 Å². The molecule has 0 aromatic rings. The van der Waals surface area contributed by atoms with E-state index in [1.54, 1.807) is 23.5 Å². The van der Waals surface area contributed by atoms with Crippen LogP contribution >= 0.6 is 23.5 Å². The SMILES string of the molecule is NNC(=O)CCSCCSCCC(=O)NN. The molecule has 0 rings (SSSR count). The predicted molar refractivity (Wildman–Crippen MR) is 68.5 cm³/mol. The molecule has 0 fully saturated rings. The average molecular weight is 266 g/mol. The number of nitrogens with one attached hydrogen (secondary N) is 2. The first-order valence-electron chi connectivity index (χ1n) is 4.85. The van der Waals surface area contributed by atoms with E-state index in [1.807, 2.05) is 0 Å². The fraction of sp³-hybridized carbons (Fsp3) is 0.750. The van der Waals surface area contributed by atoms with Crippen molar-refractivity contribution in [3.05, 3.63) is 0 Å². The molecule has 0 spiro atoms. The highest BCUT2D eigenvalue weighted by Gasteiger charge is 1.99. The van der Waals surface area contributed by atoms with Crippen LogP contribution in [0.5, 0.6) is 0 Å². The first kappa shape index (κ1) is 15.6. The fourth-order valence-corrected chi connectivity index (χ4v) is 2.81. The van der Waals surface area contributed by atoms with E-state index in [1.165, 1.54) is 0 Å². The van der Waals surface area contributed by atoms with E-state index in [-0.39, 0.29) is 11.8 Å². The van der Waals surface area contributed by atoms with Crippen LogP contribution in [0.4, 0.5) is 0 Å². The minimum Gasteiger partial charge on any atom is -0.294 e. The van der Waals surface area contributed by atoms with Crippen LogP contribution in [0.15, 0.2) is 0 Å². The number of rotatable bonds is 9. The highest BCUT2D eigenvalue weighted by Crippen LogP contribution is 2.08. The highest BCUT2D eigenvalue weighted by atomic mass is 32.2. The van der Waals surface area contributed by atoms with Crippen molar-refractivity contribution in [2.24, 2.45) is 11.7 Å². The average Bonchev–Trinajstić information content (AvgIpc) is 2.31. The predicted octanol–water partition coefficient (Wildman–Crippen LogP) is -0.787. The lowest BCUT2D eigenvalue weighted by Gasteiger charge is -2.02. The minimum atomic E-state index is -0.139. The van der Waals surface area contributed by atoms with Crippen molar-refractivity contribution in [3.63, 3.8) is 0 Å². The summed E-state index contributed by atoms with van der Waals surface area (Å²) in [5.74, 6) is 13.1. The van der Waals surface area contributed by atoms with Gasteiger partial charge in [0.25, 0.3) is 0 Å². The molecule has 0 radical (unpaired) electrons. The third-order valence-electron chi connectivity index (χ3n) is 1.64. The van der Waals surface area contributed by atoms with E-state index in [9.17, 15) is 9.59 Å². The summed E-state index contributed by atoms with van der Waals surface area (Å²) in [4.78, 5) is 21.5. The summed E-state index contributed by atoms with van der Waals surface area (Å²) in [6, 6.07) is 0. The summed E-state index contributed by atoms with van der Waals surface area (Å²) >= 11 is 3.40. The lowest BCUT2D eigenvalue weighted by atomic mass is 10.5. The molecule has 6 N–H and O–H groups in total. The molecule has 0 aliphatic heterocycles. The molecule has 0 saturated carbocycles. The van der Waals surface area contributed by atoms with E-state index in [0.29, 0.717) is 12.8 Å². The third-order valence-corrected chi connectivity index (χ3v) is 3.87. The zero-order valence-electron chi connectivity index (χ0n) is 9.03. The molecular weight excluding hydrogens is 248 g/mol. The topological polar surface area (TPSA) is 110 Å². The van der Waals surface area contributed by atoms with Crippen LogP contribution in [0, 0.1) is 0 Å². The smallest absolute Gasteiger partial charge is 0.234 e. The fourth-order valence-electron chi connectivity index (χ4n) is 0.796. The van der Waals surface area contributed by atoms with Gasteiger partial charge in [-0.15, -0.1) is 0 Å². The second kappa shape index (κ2) is 11.1. The van der Waals surface area contributed by atoms with Crippen LogP contribution in [0.25, 0.3) is 0 Å². The normalized spacial score (nSPS) is 9.88. The third kappa shape index (κ3) is 10.1. The van der Waals surface area contributed by atoms with Gasteiger partial charge in [-0.2, -0.15) is 23.5 Å². The molecule has 0 aliphatic rings. The second-order valence-electron chi connectivity index (χ2n) is 2.86.